The molecule has 0 spiro atoms. The summed E-state index contributed by atoms with van der Waals surface area (Å²) in [5.41, 5.74) is 1.11. The Balaban J connectivity index is 1.34. The van der Waals surface area contributed by atoms with E-state index < -0.39 is 11.7 Å². The van der Waals surface area contributed by atoms with E-state index in [0.29, 0.717) is 42.2 Å². The number of halogens is 3. The number of carbonyl (C=O) groups is 1. The fourth-order valence-electron chi connectivity index (χ4n) is 4.08. The number of benzene rings is 2. The molecule has 3 aromatic rings. The van der Waals surface area contributed by atoms with Crippen LogP contribution in [0.25, 0.3) is 0 Å². The van der Waals surface area contributed by atoms with Crippen LogP contribution in [0.1, 0.15) is 27.9 Å². The number of pyridine rings is 1. The Labute approximate surface area is 202 Å². The number of ether oxygens (including phenoxy) is 1. The first-order chi connectivity index (χ1) is 16.8. The van der Waals surface area contributed by atoms with Crippen LogP contribution in [0, 0.1) is 0 Å². The van der Waals surface area contributed by atoms with Gasteiger partial charge in [0.15, 0.2) is 0 Å². The molecule has 1 N–H and O–H groups in total. The molecule has 1 aliphatic rings. The van der Waals surface area contributed by atoms with Gasteiger partial charge >= 0.3 is 6.18 Å². The van der Waals surface area contributed by atoms with E-state index in [1.54, 1.807) is 43.6 Å². The largest absolute Gasteiger partial charge is 0.497 e. The molecule has 1 fully saturated rings. The highest BCUT2D eigenvalue weighted by atomic mass is 19.4. The normalized spacial score (nSPS) is 14.9. The monoisotopic (exact) mass is 484 g/mol. The van der Waals surface area contributed by atoms with Crippen molar-refractivity contribution in [1.82, 2.24) is 9.88 Å². The average Bonchev–Trinajstić information content (AvgIpc) is 3.10. The van der Waals surface area contributed by atoms with Gasteiger partial charge in [0, 0.05) is 38.3 Å². The van der Waals surface area contributed by atoms with Gasteiger partial charge in [0.25, 0.3) is 5.91 Å². The number of methoxy groups -OCH3 is 1. The molecule has 1 aromatic heterocycles. The van der Waals surface area contributed by atoms with Crippen molar-refractivity contribution in [3.63, 3.8) is 0 Å². The summed E-state index contributed by atoms with van der Waals surface area (Å²) in [6, 6.07) is 16.1. The summed E-state index contributed by atoms with van der Waals surface area (Å²) in [5.74, 6) is 1.15. The smallest absolute Gasteiger partial charge is 0.416 e. The third kappa shape index (κ3) is 6.51. The third-order valence-corrected chi connectivity index (χ3v) is 5.91. The van der Waals surface area contributed by atoms with E-state index in [-0.39, 0.29) is 5.91 Å². The highest BCUT2D eigenvalue weighted by Crippen LogP contribution is 2.30. The Kier molecular flexibility index (Phi) is 7.55. The van der Waals surface area contributed by atoms with Crippen molar-refractivity contribution in [3.8, 4) is 5.75 Å². The molecule has 35 heavy (non-hydrogen) atoms. The maximum absolute atomic E-state index is 13.0. The van der Waals surface area contributed by atoms with Gasteiger partial charge in [-0.15, -0.1) is 0 Å². The van der Waals surface area contributed by atoms with Crippen molar-refractivity contribution in [2.24, 2.45) is 0 Å². The number of amides is 1. The molecule has 1 saturated heterocycles. The number of nitrogens with zero attached hydrogens (tertiary/aromatic N) is 3. The maximum Gasteiger partial charge on any atom is 0.416 e. The maximum atomic E-state index is 13.0. The van der Waals surface area contributed by atoms with Crippen LogP contribution in [0.2, 0.25) is 0 Å². The Hall–Kier alpha value is -3.59. The van der Waals surface area contributed by atoms with Crippen molar-refractivity contribution in [2.75, 3.05) is 43.5 Å². The minimum atomic E-state index is -4.34. The van der Waals surface area contributed by atoms with Gasteiger partial charge in [-0.2, -0.15) is 13.2 Å². The number of carbonyl (C=O) groups excluding carboxylic acids is 1. The molecular formula is C26H27F3N4O2. The molecule has 4 rings (SSSR count). The van der Waals surface area contributed by atoms with Gasteiger partial charge in [0.05, 0.1) is 24.6 Å². The van der Waals surface area contributed by atoms with Gasteiger partial charge in [0.2, 0.25) is 0 Å². The SMILES string of the molecule is COc1cccc(C(=O)Nc2ccc(N3CCCN(Cc4cccc(C(F)(F)F)c4)CC3)nc2)c1. The van der Waals surface area contributed by atoms with Crippen LogP contribution in [-0.4, -0.2) is 49.1 Å². The van der Waals surface area contributed by atoms with Crippen LogP contribution in [0.4, 0.5) is 24.7 Å². The third-order valence-electron chi connectivity index (χ3n) is 5.91. The first-order valence-electron chi connectivity index (χ1n) is 11.4. The first kappa shape index (κ1) is 24.5. The number of anilines is 2. The van der Waals surface area contributed by atoms with Crippen LogP contribution in [0.15, 0.2) is 66.9 Å². The molecule has 0 aliphatic carbocycles. The molecule has 2 heterocycles. The Morgan fingerprint density at radius 2 is 1.86 bits per heavy atom. The molecule has 1 amide bonds. The van der Waals surface area contributed by atoms with Crippen LogP contribution < -0.4 is 15.0 Å². The number of hydrogen-bond donors (Lipinski definition) is 1. The summed E-state index contributed by atoms with van der Waals surface area (Å²) >= 11 is 0. The molecule has 0 bridgehead atoms. The molecule has 0 saturated carbocycles. The van der Waals surface area contributed by atoms with Crippen molar-refractivity contribution in [1.29, 1.82) is 0 Å². The molecule has 184 valence electrons. The average molecular weight is 485 g/mol. The lowest BCUT2D eigenvalue weighted by atomic mass is 10.1. The van der Waals surface area contributed by atoms with Gasteiger partial charge in [-0.25, -0.2) is 4.98 Å². The second-order valence-corrected chi connectivity index (χ2v) is 8.41. The van der Waals surface area contributed by atoms with Gasteiger partial charge in [-0.3, -0.25) is 9.69 Å². The van der Waals surface area contributed by atoms with E-state index in [9.17, 15) is 18.0 Å². The van der Waals surface area contributed by atoms with Gasteiger partial charge in [-0.1, -0.05) is 24.3 Å². The predicted octanol–water partition coefficient (Wildman–Crippen LogP) is 5.07. The highest BCUT2D eigenvalue weighted by Gasteiger charge is 2.30. The van der Waals surface area contributed by atoms with E-state index >= 15 is 0 Å². The van der Waals surface area contributed by atoms with Crippen LogP contribution in [0.3, 0.4) is 0 Å². The molecule has 0 radical (unpaired) electrons. The fourth-order valence-corrected chi connectivity index (χ4v) is 4.08. The summed E-state index contributed by atoms with van der Waals surface area (Å²) in [7, 11) is 1.55. The van der Waals surface area contributed by atoms with E-state index in [4.69, 9.17) is 4.74 Å². The number of nitrogens with one attached hydrogen (secondary N) is 1. The number of aromatic nitrogens is 1. The van der Waals surface area contributed by atoms with E-state index in [1.807, 2.05) is 12.1 Å². The van der Waals surface area contributed by atoms with Crippen molar-refractivity contribution in [3.05, 3.63) is 83.6 Å². The van der Waals surface area contributed by atoms with E-state index in [1.165, 1.54) is 12.1 Å². The molecular weight excluding hydrogens is 457 g/mol. The summed E-state index contributed by atoms with van der Waals surface area (Å²) < 4.78 is 44.2. The van der Waals surface area contributed by atoms with Crippen LogP contribution in [-0.2, 0) is 12.7 Å². The standard InChI is InChI=1S/C26H27F3N4O2/c1-35-23-8-3-6-20(16-23)25(34)31-22-9-10-24(30-17-22)33-12-4-11-32(13-14-33)18-19-5-2-7-21(15-19)26(27,28)29/h2-3,5-10,15-17H,4,11-14,18H2,1H3,(H,31,34). The summed E-state index contributed by atoms with van der Waals surface area (Å²) in [6.07, 6.45) is -1.84. The number of rotatable bonds is 6. The predicted molar refractivity (Wildman–Crippen MR) is 129 cm³/mol. The summed E-state index contributed by atoms with van der Waals surface area (Å²) in [5, 5.41) is 2.84. The zero-order chi connectivity index (χ0) is 24.8. The van der Waals surface area contributed by atoms with Gasteiger partial charge in [-0.05, 0) is 48.4 Å². The molecule has 2 aromatic carbocycles. The second-order valence-electron chi connectivity index (χ2n) is 8.41. The first-order valence-corrected chi connectivity index (χ1v) is 11.4. The lowest BCUT2D eigenvalue weighted by Gasteiger charge is -2.23. The summed E-state index contributed by atoms with van der Waals surface area (Å²) in [6.45, 7) is 3.48. The zero-order valence-electron chi connectivity index (χ0n) is 19.4. The minimum absolute atomic E-state index is 0.251. The van der Waals surface area contributed by atoms with E-state index in [2.05, 4.69) is 20.1 Å². The molecule has 9 heteroatoms. The second kappa shape index (κ2) is 10.8. The van der Waals surface area contributed by atoms with Crippen LogP contribution in [0.5, 0.6) is 5.75 Å². The van der Waals surface area contributed by atoms with Crippen LogP contribution >= 0.6 is 0 Å². The molecule has 6 nitrogen and oxygen atoms in total. The Bertz CT molecular complexity index is 1150. The van der Waals surface area contributed by atoms with Gasteiger partial charge < -0.3 is 15.0 Å². The topological polar surface area (TPSA) is 57.7 Å². The number of alkyl halides is 3. The van der Waals surface area contributed by atoms with E-state index in [0.717, 1.165) is 31.4 Å². The lowest BCUT2D eigenvalue weighted by molar-refractivity contribution is -0.137. The quantitative estimate of drug-likeness (QED) is 0.529. The molecule has 1 aliphatic heterocycles. The minimum Gasteiger partial charge on any atom is -0.497 e. The summed E-state index contributed by atoms with van der Waals surface area (Å²) in [4.78, 5) is 21.3. The van der Waals surface area contributed by atoms with Gasteiger partial charge in [0.1, 0.15) is 11.6 Å². The van der Waals surface area contributed by atoms with Crippen molar-refractivity contribution in [2.45, 2.75) is 19.1 Å². The van der Waals surface area contributed by atoms with Crippen molar-refractivity contribution >= 4 is 17.4 Å². The Morgan fingerprint density at radius 1 is 1.03 bits per heavy atom. The molecule has 0 atom stereocenters. The fraction of sp³-hybridized carbons (Fsp3) is 0.308. The van der Waals surface area contributed by atoms with Crippen molar-refractivity contribution < 1.29 is 22.7 Å². The molecule has 0 unspecified atom stereocenters. The Morgan fingerprint density at radius 3 is 2.60 bits per heavy atom. The zero-order valence-corrected chi connectivity index (χ0v) is 19.4. The lowest BCUT2D eigenvalue weighted by Crippen LogP contribution is -2.31. The highest BCUT2D eigenvalue weighted by molar-refractivity contribution is 6.04. The number of hydrogen-bond acceptors (Lipinski definition) is 5.